The molecule has 1 fully saturated rings. The van der Waals surface area contributed by atoms with Crippen molar-refractivity contribution in [2.75, 3.05) is 44.6 Å². The van der Waals surface area contributed by atoms with Gasteiger partial charge in [-0.25, -0.2) is 0 Å². The lowest BCUT2D eigenvalue weighted by molar-refractivity contribution is -0.117. The van der Waals surface area contributed by atoms with Gasteiger partial charge in [0.05, 0.1) is 13.1 Å². The Bertz CT molecular complexity index is 866. The average molecular weight is 383 g/mol. The smallest absolute Gasteiger partial charge is 0.238 e. The van der Waals surface area contributed by atoms with Crippen molar-refractivity contribution in [2.24, 2.45) is 4.99 Å². The molecule has 0 aromatic heterocycles. The molecule has 2 aromatic rings. The molecule has 0 bridgehead atoms. The number of aliphatic imine (C=N–C) groups is 1. The Hall–Kier alpha value is -2.05. The summed E-state index contributed by atoms with van der Waals surface area (Å²) in [5.74, 6) is 0.0496. The van der Waals surface area contributed by atoms with Crippen LogP contribution in [0.2, 0.25) is 0 Å². The molecule has 2 aliphatic rings. The largest absolute Gasteiger partial charge is 0.349 e. The number of carbonyl (C=O) groups is 1. The molecule has 0 aliphatic carbocycles. The van der Waals surface area contributed by atoms with Crippen LogP contribution >= 0.6 is 11.8 Å². The summed E-state index contributed by atoms with van der Waals surface area (Å²) in [5.41, 5.74) is 0.885. The second-order valence-electron chi connectivity index (χ2n) is 7.80. The second-order valence-corrected chi connectivity index (χ2v) is 9.47. The summed E-state index contributed by atoms with van der Waals surface area (Å²) in [6, 6.07) is 14.1. The third kappa shape index (κ3) is 4.28. The van der Waals surface area contributed by atoms with Gasteiger partial charge in [0.1, 0.15) is 0 Å². The Labute approximate surface area is 164 Å². The van der Waals surface area contributed by atoms with Gasteiger partial charge in [0.25, 0.3) is 0 Å². The van der Waals surface area contributed by atoms with E-state index in [2.05, 4.69) is 41.1 Å². The number of hydrogen-bond donors (Lipinski definition) is 1. The molecule has 4 rings (SSSR count). The molecule has 2 aliphatic heterocycles. The van der Waals surface area contributed by atoms with Crippen molar-refractivity contribution in [3.8, 4) is 0 Å². The zero-order chi connectivity index (χ0) is 18.9. The number of amidine groups is 1. The lowest BCUT2D eigenvalue weighted by atomic mass is 10.1. The molecule has 2 aromatic carbocycles. The molecule has 1 saturated heterocycles. The first-order chi connectivity index (χ1) is 13.0. The van der Waals surface area contributed by atoms with Crippen molar-refractivity contribution in [1.82, 2.24) is 9.80 Å². The zero-order valence-corrected chi connectivity index (χ0v) is 16.8. The van der Waals surface area contributed by atoms with Crippen LogP contribution in [-0.2, 0) is 4.79 Å². The molecule has 0 spiro atoms. The summed E-state index contributed by atoms with van der Waals surface area (Å²) in [5, 5.41) is 6.47. The molecule has 1 N–H and O–H groups in total. The van der Waals surface area contributed by atoms with Gasteiger partial charge >= 0.3 is 0 Å². The van der Waals surface area contributed by atoms with E-state index in [1.807, 2.05) is 42.1 Å². The number of fused-ring (bicyclic) bond motifs is 1. The Morgan fingerprint density at radius 3 is 2.59 bits per heavy atom. The molecule has 5 nitrogen and oxygen atoms in total. The Balaban J connectivity index is 1.31. The highest BCUT2D eigenvalue weighted by molar-refractivity contribution is 8.15. The van der Waals surface area contributed by atoms with E-state index in [0.717, 1.165) is 49.2 Å². The number of rotatable bonds is 3. The fraction of sp³-hybridized carbons (Fsp3) is 0.429. The van der Waals surface area contributed by atoms with Crippen molar-refractivity contribution in [3.63, 3.8) is 0 Å². The van der Waals surface area contributed by atoms with Crippen LogP contribution in [0.5, 0.6) is 0 Å². The number of nitrogens with one attached hydrogen (secondary N) is 1. The number of thioether (sulfide) groups is 1. The molecule has 27 heavy (non-hydrogen) atoms. The SMILES string of the molecule is CC1(C)CN=C(N2CCN(CC(=O)Nc3cccc4ccccc34)CC2)S1. The second kappa shape index (κ2) is 7.52. The van der Waals surface area contributed by atoms with Gasteiger partial charge in [-0.3, -0.25) is 14.7 Å². The van der Waals surface area contributed by atoms with Gasteiger partial charge in [0.15, 0.2) is 5.17 Å². The van der Waals surface area contributed by atoms with Crippen molar-refractivity contribution in [2.45, 2.75) is 18.6 Å². The highest BCUT2D eigenvalue weighted by Gasteiger charge is 2.31. The van der Waals surface area contributed by atoms with E-state index in [1.165, 1.54) is 5.17 Å². The molecule has 1 amide bonds. The first-order valence-corrected chi connectivity index (χ1v) is 10.3. The number of amides is 1. The van der Waals surface area contributed by atoms with Crippen LogP contribution in [0.3, 0.4) is 0 Å². The van der Waals surface area contributed by atoms with E-state index in [-0.39, 0.29) is 10.7 Å². The third-order valence-corrected chi connectivity index (χ3v) is 6.29. The minimum atomic E-state index is 0.0496. The van der Waals surface area contributed by atoms with Gasteiger partial charge in [0.2, 0.25) is 5.91 Å². The fourth-order valence-electron chi connectivity index (χ4n) is 3.56. The molecule has 0 radical (unpaired) electrons. The zero-order valence-electron chi connectivity index (χ0n) is 15.9. The van der Waals surface area contributed by atoms with E-state index in [0.29, 0.717) is 6.54 Å². The van der Waals surface area contributed by atoms with Crippen LogP contribution in [0.15, 0.2) is 47.5 Å². The molecule has 0 unspecified atom stereocenters. The molecule has 0 atom stereocenters. The predicted molar refractivity (Wildman–Crippen MR) is 115 cm³/mol. The standard InChI is InChI=1S/C21H26N4OS/c1-21(2)15-22-20(27-21)25-12-10-24(11-13-25)14-19(26)23-18-9-5-7-16-6-3-4-8-17(16)18/h3-9H,10-15H2,1-2H3,(H,23,26). The van der Waals surface area contributed by atoms with Crippen LogP contribution < -0.4 is 5.32 Å². The molecule has 142 valence electrons. The van der Waals surface area contributed by atoms with Gasteiger partial charge in [-0.1, -0.05) is 48.2 Å². The maximum atomic E-state index is 12.6. The van der Waals surface area contributed by atoms with Crippen molar-refractivity contribution in [3.05, 3.63) is 42.5 Å². The molecule has 6 heteroatoms. The van der Waals surface area contributed by atoms with Crippen LogP contribution in [0.25, 0.3) is 10.8 Å². The normalized spacial score (nSPS) is 19.9. The summed E-state index contributed by atoms with van der Waals surface area (Å²) in [4.78, 5) is 21.8. The van der Waals surface area contributed by atoms with Crippen LogP contribution in [-0.4, -0.2) is 64.9 Å². The number of carbonyl (C=O) groups excluding carboxylic acids is 1. The number of piperazine rings is 1. The highest BCUT2D eigenvalue weighted by Crippen LogP contribution is 2.33. The molecular formula is C21H26N4OS. The summed E-state index contributed by atoms with van der Waals surface area (Å²) in [7, 11) is 0. The van der Waals surface area contributed by atoms with Crippen LogP contribution in [0, 0.1) is 0 Å². The van der Waals surface area contributed by atoms with Gasteiger partial charge in [-0.15, -0.1) is 0 Å². The van der Waals surface area contributed by atoms with E-state index >= 15 is 0 Å². The minimum Gasteiger partial charge on any atom is -0.349 e. The summed E-state index contributed by atoms with van der Waals surface area (Å²) < 4.78 is 0.213. The van der Waals surface area contributed by atoms with E-state index in [9.17, 15) is 4.79 Å². The van der Waals surface area contributed by atoms with Gasteiger partial charge < -0.3 is 10.2 Å². The first-order valence-electron chi connectivity index (χ1n) is 9.49. The number of hydrogen-bond acceptors (Lipinski definition) is 5. The lowest BCUT2D eigenvalue weighted by Gasteiger charge is -2.35. The predicted octanol–water partition coefficient (Wildman–Crippen LogP) is 3.28. The summed E-state index contributed by atoms with van der Waals surface area (Å²) in [6.45, 7) is 9.45. The minimum absolute atomic E-state index is 0.0496. The van der Waals surface area contributed by atoms with Crippen LogP contribution in [0.4, 0.5) is 5.69 Å². The Morgan fingerprint density at radius 2 is 1.85 bits per heavy atom. The van der Waals surface area contributed by atoms with Gasteiger partial charge in [-0.05, 0) is 25.3 Å². The van der Waals surface area contributed by atoms with Crippen molar-refractivity contribution >= 4 is 39.3 Å². The maximum Gasteiger partial charge on any atom is 0.238 e. The van der Waals surface area contributed by atoms with Crippen molar-refractivity contribution < 1.29 is 4.79 Å². The van der Waals surface area contributed by atoms with Crippen molar-refractivity contribution in [1.29, 1.82) is 0 Å². The topological polar surface area (TPSA) is 47.9 Å². The number of anilines is 1. The summed E-state index contributed by atoms with van der Waals surface area (Å²) >= 11 is 1.87. The molecule has 2 heterocycles. The molecular weight excluding hydrogens is 356 g/mol. The highest BCUT2D eigenvalue weighted by atomic mass is 32.2. The Morgan fingerprint density at radius 1 is 1.11 bits per heavy atom. The van der Waals surface area contributed by atoms with Gasteiger partial charge in [0, 0.05) is 42.0 Å². The Kier molecular flexibility index (Phi) is 5.10. The van der Waals surface area contributed by atoms with Crippen LogP contribution in [0.1, 0.15) is 13.8 Å². The van der Waals surface area contributed by atoms with E-state index in [4.69, 9.17) is 4.99 Å². The number of nitrogens with zero attached hydrogens (tertiary/aromatic N) is 3. The van der Waals surface area contributed by atoms with E-state index in [1.54, 1.807) is 0 Å². The van der Waals surface area contributed by atoms with E-state index < -0.39 is 0 Å². The number of benzene rings is 2. The third-order valence-electron chi connectivity index (χ3n) is 5.04. The quantitative estimate of drug-likeness (QED) is 0.885. The fourth-order valence-corrected chi connectivity index (χ4v) is 4.62. The average Bonchev–Trinajstić information content (AvgIpc) is 3.02. The summed E-state index contributed by atoms with van der Waals surface area (Å²) in [6.07, 6.45) is 0. The first kappa shape index (κ1) is 18.3. The molecule has 0 saturated carbocycles. The monoisotopic (exact) mass is 382 g/mol. The van der Waals surface area contributed by atoms with Gasteiger partial charge in [-0.2, -0.15) is 0 Å². The lowest BCUT2D eigenvalue weighted by Crippen LogP contribution is -2.49. The maximum absolute atomic E-state index is 12.6.